The van der Waals surface area contributed by atoms with Crippen molar-refractivity contribution in [2.45, 2.75) is 12.1 Å². The van der Waals surface area contributed by atoms with Gasteiger partial charge >= 0.3 is 0 Å². The van der Waals surface area contributed by atoms with Crippen molar-refractivity contribution in [2.75, 3.05) is 12.0 Å². The number of rotatable bonds is 3. The number of hydrogen-bond donors (Lipinski definition) is 1. The number of nitrogens with two attached hydrogens (primary N) is 1. The molecule has 2 aromatic carbocycles. The molecule has 1 heterocycles. The maximum absolute atomic E-state index is 12.1. The van der Waals surface area contributed by atoms with E-state index in [4.69, 9.17) is 10.5 Å². The van der Waals surface area contributed by atoms with Crippen molar-refractivity contribution < 1.29 is 9.53 Å². The second kappa shape index (κ2) is 5.50. The van der Waals surface area contributed by atoms with Gasteiger partial charge in [0, 0.05) is 10.2 Å². The third kappa shape index (κ3) is 2.43. The fourth-order valence-electron chi connectivity index (χ4n) is 2.56. The average molecular weight is 347 g/mol. The molecule has 5 heteroatoms. The zero-order valence-electron chi connectivity index (χ0n) is 11.5. The van der Waals surface area contributed by atoms with Crippen LogP contribution in [-0.2, 0) is 4.79 Å². The lowest BCUT2D eigenvalue weighted by molar-refractivity contribution is -0.126. The van der Waals surface area contributed by atoms with Crippen LogP contribution in [-0.4, -0.2) is 19.1 Å². The molecule has 0 spiro atoms. The topological polar surface area (TPSA) is 55.6 Å². The average Bonchev–Trinajstić information content (AvgIpc) is 2.53. The van der Waals surface area contributed by atoms with Gasteiger partial charge in [-0.15, -0.1) is 0 Å². The first-order valence-electron chi connectivity index (χ1n) is 6.60. The lowest BCUT2D eigenvalue weighted by atomic mass is 9.88. The quantitative estimate of drug-likeness (QED) is 0.869. The standard InChI is InChI=1S/C16H15BrN2O2/c1-21-13-8-6-12(7-9-13)19-15(14(18)16(19)20)10-2-4-11(17)5-3-10/h2-9,14-15H,18H2,1H3/t14-,15+/m1/s1. The summed E-state index contributed by atoms with van der Waals surface area (Å²) in [5.74, 6) is 0.698. The van der Waals surface area contributed by atoms with Crippen molar-refractivity contribution in [1.29, 1.82) is 0 Å². The molecule has 3 rings (SSSR count). The zero-order chi connectivity index (χ0) is 15.0. The van der Waals surface area contributed by atoms with Crippen LogP contribution < -0.4 is 15.4 Å². The van der Waals surface area contributed by atoms with Gasteiger partial charge in [0.25, 0.3) is 0 Å². The van der Waals surface area contributed by atoms with E-state index in [2.05, 4.69) is 15.9 Å². The van der Waals surface area contributed by atoms with Gasteiger partial charge < -0.3 is 15.4 Å². The number of halogens is 1. The molecule has 2 aromatic rings. The van der Waals surface area contributed by atoms with E-state index in [0.717, 1.165) is 21.5 Å². The Morgan fingerprint density at radius 3 is 2.29 bits per heavy atom. The molecule has 0 radical (unpaired) electrons. The number of carbonyl (C=O) groups excluding carboxylic acids is 1. The molecule has 0 saturated carbocycles. The molecular formula is C16H15BrN2O2. The van der Waals surface area contributed by atoms with Crippen molar-refractivity contribution in [3.63, 3.8) is 0 Å². The van der Waals surface area contributed by atoms with Gasteiger partial charge in [0.05, 0.1) is 13.2 Å². The molecule has 2 N–H and O–H groups in total. The Morgan fingerprint density at radius 2 is 1.71 bits per heavy atom. The summed E-state index contributed by atoms with van der Waals surface area (Å²) in [6.07, 6.45) is 0. The highest BCUT2D eigenvalue weighted by atomic mass is 79.9. The Labute approximate surface area is 131 Å². The van der Waals surface area contributed by atoms with Gasteiger partial charge in [-0.25, -0.2) is 0 Å². The minimum absolute atomic E-state index is 0.0620. The summed E-state index contributed by atoms with van der Waals surface area (Å²) in [7, 11) is 1.62. The molecule has 2 atom stereocenters. The number of hydrogen-bond acceptors (Lipinski definition) is 3. The van der Waals surface area contributed by atoms with E-state index < -0.39 is 6.04 Å². The van der Waals surface area contributed by atoms with E-state index in [1.54, 1.807) is 12.0 Å². The number of benzene rings is 2. The van der Waals surface area contributed by atoms with Crippen molar-refractivity contribution in [1.82, 2.24) is 0 Å². The zero-order valence-corrected chi connectivity index (χ0v) is 13.1. The molecule has 1 fully saturated rings. The third-order valence-corrected chi connectivity index (χ3v) is 4.23. The first-order valence-corrected chi connectivity index (χ1v) is 7.39. The summed E-state index contributed by atoms with van der Waals surface area (Å²) in [6, 6.07) is 14.7. The van der Waals surface area contributed by atoms with Gasteiger partial charge in [-0.2, -0.15) is 0 Å². The second-order valence-electron chi connectivity index (χ2n) is 4.93. The van der Waals surface area contributed by atoms with Gasteiger partial charge in [-0.1, -0.05) is 28.1 Å². The summed E-state index contributed by atoms with van der Waals surface area (Å²) in [5, 5.41) is 0. The Kier molecular flexibility index (Phi) is 3.69. The van der Waals surface area contributed by atoms with Crippen LogP contribution in [0.1, 0.15) is 11.6 Å². The first-order chi connectivity index (χ1) is 10.1. The molecule has 108 valence electrons. The number of ether oxygens (including phenoxy) is 1. The van der Waals surface area contributed by atoms with Gasteiger partial charge in [-0.05, 0) is 42.0 Å². The Hall–Kier alpha value is -1.85. The second-order valence-corrected chi connectivity index (χ2v) is 5.84. The van der Waals surface area contributed by atoms with Crippen LogP contribution in [0.3, 0.4) is 0 Å². The van der Waals surface area contributed by atoms with Crippen LogP contribution >= 0.6 is 15.9 Å². The first kappa shape index (κ1) is 14.1. The highest BCUT2D eigenvalue weighted by Crippen LogP contribution is 2.38. The predicted molar refractivity (Wildman–Crippen MR) is 85.3 cm³/mol. The summed E-state index contributed by atoms with van der Waals surface area (Å²) < 4.78 is 6.14. The Bertz CT molecular complexity index is 655. The molecule has 0 aliphatic carbocycles. The van der Waals surface area contributed by atoms with Crippen LogP contribution in [0.4, 0.5) is 5.69 Å². The third-order valence-electron chi connectivity index (χ3n) is 3.70. The number of nitrogens with zero attached hydrogens (tertiary/aromatic N) is 1. The summed E-state index contributed by atoms with van der Waals surface area (Å²) >= 11 is 3.41. The summed E-state index contributed by atoms with van der Waals surface area (Å²) in [4.78, 5) is 13.9. The minimum Gasteiger partial charge on any atom is -0.497 e. The number of methoxy groups -OCH3 is 1. The monoisotopic (exact) mass is 346 g/mol. The molecule has 4 nitrogen and oxygen atoms in total. The lowest BCUT2D eigenvalue weighted by Gasteiger charge is -2.45. The van der Waals surface area contributed by atoms with Crippen molar-refractivity contribution in [2.24, 2.45) is 5.73 Å². The fraction of sp³-hybridized carbons (Fsp3) is 0.188. The maximum atomic E-state index is 12.1. The summed E-state index contributed by atoms with van der Waals surface area (Å²) in [6.45, 7) is 0. The molecule has 1 amide bonds. The number of amides is 1. The Balaban J connectivity index is 1.92. The van der Waals surface area contributed by atoms with Crippen LogP contribution in [0.2, 0.25) is 0 Å². The van der Waals surface area contributed by atoms with E-state index in [0.29, 0.717) is 0 Å². The normalized spacial score (nSPS) is 21.1. The highest BCUT2D eigenvalue weighted by Gasteiger charge is 2.46. The van der Waals surface area contributed by atoms with E-state index >= 15 is 0 Å². The van der Waals surface area contributed by atoms with Crippen LogP contribution in [0.5, 0.6) is 5.75 Å². The molecule has 1 aliphatic heterocycles. The van der Waals surface area contributed by atoms with Crippen LogP contribution in [0, 0.1) is 0 Å². The Morgan fingerprint density at radius 1 is 1.10 bits per heavy atom. The minimum atomic E-state index is -0.492. The molecular weight excluding hydrogens is 332 g/mol. The molecule has 0 aromatic heterocycles. The number of carbonyl (C=O) groups is 1. The maximum Gasteiger partial charge on any atom is 0.247 e. The smallest absolute Gasteiger partial charge is 0.247 e. The molecule has 1 saturated heterocycles. The summed E-state index contributed by atoms with van der Waals surface area (Å²) in [5.41, 5.74) is 7.85. The van der Waals surface area contributed by atoms with Gasteiger partial charge in [0.15, 0.2) is 0 Å². The van der Waals surface area contributed by atoms with E-state index in [1.807, 2.05) is 48.5 Å². The van der Waals surface area contributed by atoms with Crippen molar-refractivity contribution in [3.05, 3.63) is 58.6 Å². The van der Waals surface area contributed by atoms with Crippen molar-refractivity contribution >= 4 is 27.5 Å². The van der Waals surface area contributed by atoms with Crippen LogP contribution in [0.15, 0.2) is 53.0 Å². The van der Waals surface area contributed by atoms with Gasteiger partial charge in [0.2, 0.25) is 5.91 Å². The number of β-lactam (4-membered cyclic amide) rings is 1. The van der Waals surface area contributed by atoms with Gasteiger partial charge in [-0.3, -0.25) is 4.79 Å². The van der Waals surface area contributed by atoms with E-state index in [9.17, 15) is 4.79 Å². The predicted octanol–water partition coefficient (Wildman–Crippen LogP) is 2.87. The lowest BCUT2D eigenvalue weighted by Crippen LogP contribution is -2.63. The largest absolute Gasteiger partial charge is 0.497 e. The van der Waals surface area contributed by atoms with Crippen molar-refractivity contribution in [3.8, 4) is 5.75 Å². The number of anilines is 1. The molecule has 0 bridgehead atoms. The highest BCUT2D eigenvalue weighted by molar-refractivity contribution is 9.10. The molecule has 1 aliphatic rings. The van der Waals surface area contributed by atoms with E-state index in [1.165, 1.54) is 0 Å². The van der Waals surface area contributed by atoms with E-state index in [-0.39, 0.29) is 11.9 Å². The van der Waals surface area contributed by atoms with Gasteiger partial charge in [0.1, 0.15) is 11.8 Å². The fourth-order valence-corrected chi connectivity index (χ4v) is 2.82. The van der Waals surface area contributed by atoms with Crippen LogP contribution in [0.25, 0.3) is 0 Å². The SMILES string of the molecule is COc1ccc(N2C(=O)[C@H](N)[C@@H]2c2ccc(Br)cc2)cc1. The molecule has 0 unspecified atom stereocenters. The molecule has 21 heavy (non-hydrogen) atoms.